The second-order valence-corrected chi connectivity index (χ2v) is 7.29. The fraction of sp³-hybridized carbons (Fsp3) is 0.200. The molecule has 30 heavy (non-hydrogen) atoms. The van der Waals surface area contributed by atoms with Crippen LogP contribution in [-0.2, 0) is 4.79 Å². The van der Waals surface area contributed by atoms with Crippen molar-refractivity contribution in [2.45, 2.75) is 18.6 Å². The number of benzene rings is 2. The number of carbonyl (C=O) groups is 2. The molecular formula is C20H19ClN6O3. The van der Waals surface area contributed by atoms with Crippen molar-refractivity contribution in [3.63, 3.8) is 0 Å². The third-order valence-corrected chi connectivity index (χ3v) is 4.97. The first-order valence-corrected chi connectivity index (χ1v) is 9.66. The average Bonchev–Trinajstić information content (AvgIpc) is 3.40. The maximum absolute atomic E-state index is 12.8. The zero-order valence-electron chi connectivity index (χ0n) is 15.8. The van der Waals surface area contributed by atoms with E-state index in [-0.39, 0.29) is 18.9 Å². The van der Waals surface area contributed by atoms with E-state index in [2.05, 4.69) is 20.8 Å². The molecule has 2 aromatic carbocycles. The third kappa shape index (κ3) is 4.42. The number of hydrogen-bond acceptors (Lipinski definition) is 5. The lowest BCUT2D eigenvalue weighted by atomic mass is 10.2. The molecule has 4 rings (SSSR count). The number of aliphatic hydroxyl groups excluding tert-OH is 1. The Morgan fingerprint density at radius 1 is 0.967 bits per heavy atom. The van der Waals surface area contributed by atoms with Gasteiger partial charge in [-0.15, -0.1) is 0 Å². The van der Waals surface area contributed by atoms with Crippen molar-refractivity contribution >= 4 is 34.9 Å². The molecule has 9 nitrogen and oxygen atoms in total. The Morgan fingerprint density at radius 3 is 2.23 bits per heavy atom. The van der Waals surface area contributed by atoms with E-state index in [9.17, 15) is 14.7 Å². The number of aliphatic hydroxyl groups is 1. The smallest absolute Gasteiger partial charge is 0.322 e. The minimum absolute atomic E-state index is 0.0708. The molecule has 1 fully saturated rings. The number of nitrogens with one attached hydrogen (secondary N) is 2. The fourth-order valence-electron chi connectivity index (χ4n) is 3.27. The van der Waals surface area contributed by atoms with Crippen molar-refractivity contribution in [3.8, 4) is 5.69 Å². The predicted octanol–water partition coefficient (Wildman–Crippen LogP) is 2.53. The zero-order chi connectivity index (χ0) is 21.1. The van der Waals surface area contributed by atoms with E-state index in [4.69, 9.17) is 11.6 Å². The van der Waals surface area contributed by atoms with Gasteiger partial charge in [-0.1, -0.05) is 11.6 Å². The van der Waals surface area contributed by atoms with Crippen LogP contribution in [0, 0.1) is 0 Å². The average molecular weight is 427 g/mol. The SMILES string of the molecule is O=C(Nc1ccc(-n2nccn2)cc1)C1CC(O)CN1C(=O)Nc1ccc(Cl)cc1. The summed E-state index contributed by atoms with van der Waals surface area (Å²) in [6.07, 6.45) is 2.54. The zero-order valence-corrected chi connectivity index (χ0v) is 16.5. The number of halogens is 1. The van der Waals surface area contributed by atoms with E-state index in [1.54, 1.807) is 60.9 Å². The number of urea groups is 1. The van der Waals surface area contributed by atoms with E-state index in [0.29, 0.717) is 16.4 Å². The molecule has 1 saturated heterocycles. The molecule has 3 aromatic rings. The van der Waals surface area contributed by atoms with Gasteiger partial charge in [0.15, 0.2) is 0 Å². The van der Waals surface area contributed by atoms with Crippen LogP contribution in [0.4, 0.5) is 16.2 Å². The number of anilines is 2. The molecule has 0 radical (unpaired) electrons. The van der Waals surface area contributed by atoms with Crippen LogP contribution in [-0.4, -0.2) is 55.6 Å². The number of likely N-dealkylation sites (tertiary alicyclic amines) is 1. The summed E-state index contributed by atoms with van der Waals surface area (Å²) in [7, 11) is 0. The summed E-state index contributed by atoms with van der Waals surface area (Å²) in [5.41, 5.74) is 1.86. The highest BCUT2D eigenvalue weighted by molar-refractivity contribution is 6.30. The molecule has 154 valence electrons. The van der Waals surface area contributed by atoms with Gasteiger partial charge >= 0.3 is 6.03 Å². The lowest BCUT2D eigenvalue weighted by molar-refractivity contribution is -0.119. The number of hydrogen-bond donors (Lipinski definition) is 3. The molecule has 2 heterocycles. The van der Waals surface area contributed by atoms with Crippen LogP contribution in [0.3, 0.4) is 0 Å². The van der Waals surface area contributed by atoms with E-state index >= 15 is 0 Å². The molecule has 1 aromatic heterocycles. The lowest BCUT2D eigenvalue weighted by Gasteiger charge is -2.24. The van der Waals surface area contributed by atoms with Crippen molar-refractivity contribution in [1.82, 2.24) is 19.9 Å². The van der Waals surface area contributed by atoms with Crippen LogP contribution in [0.2, 0.25) is 5.02 Å². The molecule has 3 N–H and O–H groups in total. The normalized spacial score (nSPS) is 18.3. The summed E-state index contributed by atoms with van der Waals surface area (Å²) in [5.74, 6) is -0.372. The summed E-state index contributed by atoms with van der Waals surface area (Å²) in [5, 5.41) is 24.2. The van der Waals surface area contributed by atoms with Gasteiger partial charge in [-0.3, -0.25) is 4.79 Å². The first-order chi connectivity index (χ1) is 14.5. The Labute approximate surface area is 177 Å². The summed E-state index contributed by atoms with van der Waals surface area (Å²) < 4.78 is 0. The first-order valence-electron chi connectivity index (χ1n) is 9.28. The largest absolute Gasteiger partial charge is 0.391 e. The molecule has 2 unspecified atom stereocenters. The van der Waals surface area contributed by atoms with Gasteiger partial charge in [0.25, 0.3) is 0 Å². The Kier molecular flexibility index (Phi) is 5.64. The van der Waals surface area contributed by atoms with Crippen LogP contribution in [0.5, 0.6) is 0 Å². The van der Waals surface area contributed by atoms with Crippen molar-refractivity contribution in [2.24, 2.45) is 0 Å². The lowest BCUT2D eigenvalue weighted by Crippen LogP contribution is -2.45. The standard InChI is InChI=1S/C20H19ClN6O3/c21-13-1-3-15(4-2-13)25-20(30)26-12-17(28)11-18(26)19(29)24-14-5-7-16(8-6-14)27-22-9-10-23-27/h1-10,17-18,28H,11-12H2,(H,24,29)(H,25,30). The number of rotatable bonds is 4. The summed E-state index contributed by atoms with van der Waals surface area (Å²) >= 11 is 5.86. The Hall–Kier alpha value is -3.43. The highest BCUT2D eigenvalue weighted by atomic mass is 35.5. The maximum atomic E-state index is 12.8. The van der Waals surface area contributed by atoms with Crippen LogP contribution in [0.15, 0.2) is 60.9 Å². The van der Waals surface area contributed by atoms with E-state index in [0.717, 1.165) is 5.69 Å². The first kappa shape index (κ1) is 19.9. The van der Waals surface area contributed by atoms with Gasteiger partial charge in [-0.05, 0) is 48.5 Å². The van der Waals surface area contributed by atoms with Crippen LogP contribution in [0.1, 0.15) is 6.42 Å². The van der Waals surface area contributed by atoms with Gasteiger partial charge in [0.2, 0.25) is 5.91 Å². The molecule has 1 aliphatic heterocycles. The second-order valence-electron chi connectivity index (χ2n) is 6.85. The molecule has 1 aliphatic rings. The van der Waals surface area contributed by atoms with Crippen molar-refractivity contribution < 1.29 is 14.7 Å². The summed E-state index contributed by atoms with van der Waals surface area (Å²) in [6, 6.07) is 12.4. The monoisotopic (exact) mass is 426 g/mol. The summed E-state index contributed by atoms with van der Waals surface area (Å²) in [6.45, 7) is 0.0708. The quantitative estimate of drug-likeness (QED) is 0.593. The maximum Gasteiger partial charge on any atom is 0.322 e. The third-order valence-electron chi connectivity index (χ3n) is 4.72. The van der Waals surface area contributed by atoms with Crippen molar-refractivity contribution in [1.29, 1.82) is 0 Å². The van der Waals surface area contributed by atoms with Crippen molar-refractivity contribution in [3.05, 3.63) is 65.9 Å². The van der Waals surface area contributed by atoms with E-state index in [1.807, 2.05) is 0 Å². The van der Waals surface area contributed by atoms with Gasteiger partial charge in [0.05, 0.1) is 24.2 Å². The molecular weight excluding hydrogens is 408 g/mol. The highest BCUT2D eigenvalue weighted by Gasteiger charge is 2.39. The number of amides is 3. The van der Waals surface area contributed by atoms with Gasteiger partial charge in [-0.2, -0.15) is 15.0 Å². The molecule has 0 spiro atoms. The van der Waals surface area contributed by atoms with E-state index in [1.165, 1.54) is 9.70 Å². The number of carbonyl (C=O) groups excluding carboxylic acids is 2. The van der Waals surface area contributed by atoms with Crippen molar-refractivity contribution in [2.75, 3.05) is 17.2 Å². The second kappa shape index (κ2) is 8.52. The molecule has 10 heteroatoms. The number of aromatic nitrogens is 3. The van der Waals surface area contributed by atoms with Crippen LogP contribution >= 0.6 is 11.6 Å². The van der Waals surface area contributed by atoms with Gasteiger partial charge in [0.1, 0.15) is 6.04 Å². The molecule has 0 saturated carbocycles. The van der Waals surface area contributed by atoms with Crippen LogP contribution < -0.4 is 10.6 Å². The molecule has 0 bridgehead atoms. The molecule has 0 aliphatic carbocycles. The minimum atomic E-state index is -0.792. The Balaban J connectivity index is 1.42. The number of nitrogens with zero attached hydrogens (tertiary/aromatic N) is 4. The fourth-order valence-corrected chi connectivity index (χ4v) is 3.39. The van der Waals surface area contributed by atoms with Gasteiger partial charge in [0, 0.05) is 29.4 Å². The Morgan fingerprint density at radius 2 is 1.57 bits per heavy atom. The molecule has 2 atom stereocenters. The van der Waals surface area contributed by atoms with Crippen LogP contribution in [0.25, 0.3) is 5.69 Å². The number of β-amino-alcohol motifs (C(OH)–C–C–N with tert-alkyl or cyclic N) is 1. The highest BCUT2D eigenvalue weighted by Crippen LogP contribution is 2.22. The van der Waals surface area contributed by atoms with Gasteiger partial charge < -0.3 is 20.6 Å². The molecule has 3 amide bonds. The Bertz CT molecular complexity index is 1020. The van der Waals surface area contributed by atoms with E-state index < -0.39 is 18.2 Å². The van der Waals surface area contributed by atoms with Gasteiger partial charge in [-0.25, -0.2) is 4.79 Å². The minimum Gasteiger partial charge on any atom is -0.391 e. The summed E-state index contributed by atoms with van der Waals surface area (Å²) in [4.78, 5) is 28.2. The topological polar surface area (TPSA) is 112 Å². The predicted molar refractivity (Wildman–Crippen MR) is 112 cm³/mol.